The molecule has 0 N–H and O–H groups in total. The largest absolute Gasteiger partial charge is 0.494 e. The molecule has 0 bridgehead atoms. The maximum atomic E-state index is 12.5. The van der Waals surface area contributed by atoms with Crippen LogP contribution in [0.2, 0.25) is 0 Å². The van der Waals surface area contributed by atoms with Crippen molar-refractivity contribution in [3.05, 3.63) is 83.9 Å². The Labute approximate surface area is 205 Å². The highest BCUT2D eigenvalue weighted by Gasteiger charge is 2.09. The van der Waals surface area contributed by atoms with Gasteiger partial charge in [0.05, 0.1) is 12.2 Å². The van der Waals surface area contributed by atoms with Gasteiger partial charge in [-0.25, -0.2) is 4.79 Å². The molecule has 180 valence electrons. The molecule has 0 heterocycles. The van der Waals surface area contributed by atoms with E-state index in [1.165, 1.54) is 50.5 Å². The first kappa shape index (κ1) is 25.6. The van der Waals surface area contributed by atoms with Crippen LogP contribution in [0.1, 0.15) is 81.1 Å². The summed E-state index contributed by atoms with van der Waals surface area (Å²) in [6.45, 7) is 5.13. The topological polar surface area (TPSA) is 35.5 Å². The van der Waals surface area contributed by atoms with Gasteiger partial charge < -0.3 is 9.47 Å². The molecule has 3 aromatic rings. The number of unbranched alkanes of at least 4 members (excludes halogenated alkanes) is 6. The van der Waals surface area contributed by atoms with Crippen LogP contribution in [0.3, 0.4) is 0 Å². The molecule has 0 saturated heterocycles. The Morgan fingerprint density at radius 1 is 0.618 bits per heavy atom. The lowest BCUT2D eigenvalue weighted by atomic mass is 10.00. The normalized spacial score (nSPS) is 10.8. The minimum atomic E-state index is -0.360. The second-order valence-corrected chi connectivity index (χ2v) is 8.85. The monoisotopic (exact) mass is 458 g/mol. The Balaban J connectivity index is 1.49. The lowest BCUT2D eigenvalue weighted by Gasteiger charge is -2.08. The van der Waals surface area contributed by atoms with Crippen LogP contribution >= 0.6 is 0 Å². The number of aryl methyl sites for hydroxylation is 1. The van der Waals surface area contributed by atoms with Crippen molar-refractivity contribution in [3.63, 3.8) is 0 Å². The summed E-state index contributed by atoms with van der Waals surface area (Å²) in [5, 5.41) is 0. The first-order valence-electron chi connectivity index (χ1n) is 12.8. The summed E-state index contributed by atoms with van der Waals surface area (Å²) >= 11 is 0. The summed E-state index contributed by atoms with van der Waals surface area (Å²) < 4.78 is 11.2. The fourth-order valence-corrected chi connectivity index (χ4v) is 3.91. The summed E-state index contributed by atoms with van der Waals surface area (Å²) in [4.78, 5) is 12.5. The van der Waals surface area contributed by atoms with Crippen LogP contribution in [0.15, 0.2) is 72.8 Å². The molecule has 0 spiro atoms. The lowest BCUT2D eigenvalue weighted by Crippen LogP contribution is -2.08. The third-order valence-electron chi connectivity index (χ3n) is 6.03. The average Bonchev–Trinajstić information content (AvgIpc) is 2.88. The second-order valence-electron chi connectivity index (χ2n) is 8.85. The van der Waals surface area contributed by atoms with Crippen LogP contribution in [-0.2, 0) is 6.42 Å². The highest BCUT2D eigenvalue weighted by molar-refractivity contribution is 5.91. The molecule has 0 atom stereocenters. The molecule has 3 nitrogen and oxygen atoms in total. The molecule has 0 saturated carbocycles. The van der Waals surface area contributed by atoms with Crippen molar-refractivity contribution < 1.29 is 14.3 Å². The molecule has 0 radical (unpaired) electrons. The van der Waals surface area contributed by atoms with Gasteiger partial charge in [0.2, 0.25) is 0 Å². The Bertz CT molecular complexity index is 973. The molecule has 3 heteroatoms. The number of esters is 1. The Morgan fingerprint density at radius 2 is 1.18 bits per heavy atom. The highest BCUT2D eigenvalue weighted by atomic mass is 16.5. The summed E-state index contributed by atoms with van der Waals surface area (Å²) in [7, 11) is 0. The van der Waals surface area contributed by atoms with E-state index >= 15 is 0 Å². The van der Waals surface area contributed by atoms with E-state index < -0.39 is 0 Å². The minimum absolute atomic E-state index is 0.360. The van der Waals surface area contributed by atoms with Crippen molar-refractivity contribution in [2.24, 2.45) is 0 Å². The molecule has 0 aliphatic heterocycles. The van der Waals surface area contributed by atoms with Gasteiger partial charge in [0.25, 0.3) is 0 Å². The van der Waals surface area contributed by atoms with E-state index in [-0.39, 0.29) is 5.97 Å². The van der Waals surface area contributed by atoms with Gasteiger partial charge in [-0.05, 0) is 72.4 Å². The standard InChI is InChI=1S/C31H38O3/c1-3-5-7-8-9-11-25-12-14-26(15-13-25)27-16-18-28(19-17-27)31(32)34-30-22-20-29(21-23-30)33-24-10-6-4-2/h12-23H,3-11,24H2,1-2H3. The lowest BCUT2D eigenvalue weighted by molar-refractivity contribution is 0.0734. The van der Waals surface area contributed by atoms with E-state index in [9.17, 15) is 4.79 Å². The molecule has 3 rings (SSSR count). The summed E-state index contributed by atoms with van der Waals surface area (Å²) in [5.41, 5.74) is 4.17. The van der Waals surface area contributed by atoms with Crippen LogP contribution in [0.5, 0.6) is 11.5 Å². The van der Waals surface area contributed by atoms with Gasteiger partial charge in [0.15, 0.2) is 0 Å². The maximum Gasteiger partial charge on any atom is 0.343 e. The SMILES string of the molecule is CCCCCCCc1ccc(-c2ccc(C(=O)Oc3ccc(OCCCCC)cc3)cc2)cc1. The summed E-state index contributed by atoms with van der Waals surface area (Å²) in [6, 6.07) is 23.6. The minimum Gasteiger partial charge on any atom is -0.494 e. The number of hydrogen-bond donors (Lipinski definition) is 0. The number of benzene rings is 3. The summed E-state index contributed by atoms with van der Waals surface area (Å²) in [5.74, 6) is 0.949. The quantitative estimate of drug-likeness (QED) is 0.138. The summed E-state index contributed by atoms with van der Waals surface area (Å²) in [6.07, 6.45) is 11.0. The van der Waals surface area contributed by atoms with Crippen molar-refractivity contribution in [3.8, 4) is 22.6 Å². The molecule has 0 unspecified atom stereocenters. The Morgan fingerprint density at radius 3 is 1.82 bits per heavy atom. The zero-order valence-electron chi connectivity index (χ0n) is 20.7. The predicted octanol–water partition coefficient (Wildman–Crippen LogP) is 8.65. The van der Waals surface area contributed by atoms with Gasteiger partial charge in [-0.2, -0.15) is 0 Å². The fourth-order valence-electron chi connectivity index (χ4n) is 3.91. The number of ether oxygens (including phenoxy) is 2. The van der Waals surface area contributed by atoms with Gasteiger partial charge in [0.1, 0.15) is 11.5 Å². The van der Waals surface area contributed by atoms with Crippen molar-refractivity contribution in [1.82, 2.24) is 0 Å². The molecule has 0 aromatic heterocycles. The number of carbonyl (C=O) groups excluding carboxylic acids is 1. The number of hydrogen-bond acceptors (Lipinski definition) is 3. The highest BCUT2D eigenvalue weighted by Crippen LogP contribution is 2.23. The first-order chi connectivity index (χ1) is 16.7. The van der Waals surface area contributed by atoms with Gasteiger partial charge in [-0.1, -0.05) is 88.8 Å². The van der Waals surface area contributed by atoms with Crippen molar-refractivity contribution >= 4 is 5.97 Å². The zero-order valence-corrected chi connectivity index (χ0v) is 20.7. The average molecular weight is 459 g/mol. The zero-order chi connectivity index (χ0) is 24.0. The van der Waals surface area contributed by atoms with Crippen molar-refractivity contribution in [2.75, 3.05) is 6.61 Å². The molecule has 3 aromatic carbocycles. The van der Waals surface area contributed by atoms with Crippen LogP contribution in [0, 0.1) is 0 Å². The maximum absolute atomic E-state index is 12.5. The van der Waals surface area contributed by atoms with Crippen LogP contribution < -0.4 is 9.47 Å². The van der Waals surface area contributed by atoms with E-state index in [2.05, 4.69) is 38.1 Å². The molecule has 0 amide bonds. The fraction of sp³-hybridized carbons (Fsp3) is 0.387. The molecule has 0 fully saturated rings. The Hall–Kier alpha value is -3.07. The number of carbonyl (C=O) groups is 1. The van der Waals surface area contributed by atoms with E-state index in [4.69, 9.17) is 9.47 Å². The van der Waals surface area contributed by atoms with Crippen molar-refractivity contribution in [2.45, 2.75) is 71.6 Å². The van der Waals surface area contributed by atoms with Crippen LogP contribution in [-0.4, -0.2) is 12.6 Å². The van der Waals surface area contributed by atoms with E-state index in [1.54, 1.807) is 12.1 Å². The van der Waals surface area contributed by atoms with Gasteiger partial charge in [0, 0.05) is 0 Å². The van der Waals surface area contributed by atoms with E-state index in [0.717, 1.165) is 29.7 Å². The predicted molar refractivity (Wildman–Crippen MR) is 141 cm³/mol. The van der Waals surface area contributed by atoms with E-state index in [1.807, 2.05) is 36.4 Å². The molecular weight excluding hydrogens is 420 g/mol. The van der Waals surface area contributed by atoms with Crippen LogP contribution in [0.4, 0.5) is 0 Å². The Kier molecular flexibility index (Phi) is 10.7. The first-order valence-corrected chi connectivity index (χ1v) is 12.8. The van der Waals surface area contributed by atoms with Crippen molar-refractivity contribution in [1.29, 1.82) is 0 Å². The van der Waals surface area contributed by atoms with Gasteiger partial charge in [-0.15, -0.1) is 0 Å². The van der Waals surface area contributed by atoms with E-state index in [0.29, 0.717) is 17.9 Å². The second kappa shape index (κ2) is 14.2. The molecular formula is C31H38O3. The molecule has 0 aliphatic rings. The molecule has 34 heavy (non-hydrogen) atoms. The number of rotatable bonds is 14. The molecule has 0 aliphatic carbocycles. The van der Waals surface area contributed by atoms with Gasteiger partial charge >= 0.3 is 5.97 Å². The van der Waals surface area contributed by atoms with Crippen LogP contribution in [0.25, 0.3) is 11.1 Å². The third-order valence-corrected chi connectivity index (χ3v) is 6.03. The smallest absolute Gasteiger partial charge is 0.343 e. The van der Waals surface area contributed by atoms with Gasteiger partial charge in [-0.3, -0.25) is 0 Å². The third kappa shape index (κ3) is 8.37.